The Bertz CT molecular complexity index is 411. The predicted molar refractivity (Wildman–Crippen MR) is 65.8 cm³/mol. The Morgan fingerprint density at radius 2 is 1.65 bits per heavy atom. The topological polar surface area (TPSA) is 74.6 Å². The molecule has 5 heteroatoms. The Morgan fingerprint density at radius 1 is 1.18 bits per heavy atom. The largest absolute Gasteiger partial charge is 0.480 e. The summed E-state index contributed by atoms with van der Waals surface area (Å²) in [5, 5.41) is 18.2. The van der Waals surface area contributed by atoms with Crippen molar-refractivity contribution in [3.05, 3.63) is 34.3 Å². The van der Waals surface area contributed by atoms with Crippen LogP contribution in [0.15, 0.2) is 28.7 Å². The highest BCUT2D eigenvalue weighted by atomic mass is 79.9. The molecule has 0 spiro atoms. The summed E-state index contributed by atoms with van der Waals surface area (Å²) >= 11 is 3.27. The van der Waals surface area contributed by atoms with E-state index in [9.17, 15) is 9.59 Å². The SMILES string of the molecule is CCC(Cc1ccc(Br)cc1)(C(=O)O)C(=O)O. The number of halogens is 1. The molecule has 0 bridgehead atoms. The average Bonchev–Trinajstić information content (AvgIpc) is 2.27. The lowest BCUT2D eigenvalue weighted by atomic mass is 9.79. The standard InChI is InChI=1S/C12H13BrO4/c1-2-12(10(14)15,11(16)17)7-8-3-5-9(13)6-4-8/h3-6H,2,7H2,1H3,(H,14,15)(H,16,17). The van der Waals surface area contributed by atoms with Gasteiger partial charge in [0.2, 0.25) is 0 Å². The van der Waals surface area contributed by atoms with E-state index in [1.807, 2.05) is 0 Å². The van der Waals surface area contributed by atoms with Gasteiger partial charge in [-0.1, -0.05) is 35.0 Å². The molecule has 4 nitrogen and oxygen atoms in total. The van der Waals surface area contributed by atoms with Gasteiger partial charge >= 0.3 is 11.9 Å². The van der Waals surface area contributed by atoms with Gasteiger partial charge in [-0.15, -0.1) is 0 Å². The van der Waals surface area contributed by atoms with Crippen LogP contribution < -0.4 is 0 Å². The van der Waals surface area contributed by atoms with E-state index in [-0.39, 0.29) is 12.8 Å². The van der Waals surface area contributed by atoms with Gasteiger partial charge in [0.1, 0.15) is 0 Å². The fourth-order valence-electron chi connectivity index (χ4n) is 1.62. The second-order valence-corrected chi connectivity index (χ2v) is 4.76. The molecule has 0 aliphatic rings. The highest BCUT2D eigenvalue weighted by Crippen LogP contribution is 2.28. The summed E-state index contributed by atoms with van der Waals surface area (Å²) < 4.78 is 0.869. The third-order valence-electron chi connectivity index (χ3n) is 2.84. The van der Waals surface area contributed by atoms with Crippen molar-refractivity contribution < 1.29 is 19.8 Å². The summed E-state index contributed by atoms with van der Waals surface area (Å²) in [6.07, 6.45) is 0.0369. The van der Waals surface area contributed by atoms with E-state index in [1.54, 1.807) is 31.2 Å². The van der Waals surface area contributed by atoms with Crippen LogP contribution in [-0.2, 0) is 16.0 Å². The van der Waals surface area contributed by atoms with E-state index in [0.717, 1.165) is 4.47 Å². The van der Waals surface area contributed by atoms with Crippen LogP contribution in [0, 0.1) is 5.41 Å². The number of hydrogen-bond donors (Lipinski definition) is 2. The van der Waals surface area contributed by atoms with E-state index < -0.39 is 17.4 Å². The van der Waals surface area contributed by atoms with Crippen LogP contribution in [0.5, 0.6) is 0 Å². The zero-order valence-corrected chi connectivity index (χ0v) is 10.9. The molecule has 0 aromatic heterocycles. The maximum atomic E-state index is 11.2. The van der Waals surface area contributed by atoms with E-state index in [0.29, 0.717) is 5.56 Å². The van der Waals surface area contributed by atoms with E-state index in [1.165, 1.54) is 0 Å². The average molecular weight is 301 g/mol. The number of carboxylic acid groups (broad SMARTS) is 2. The summed E-state index contributed by atoms with van der Waals surface area (Å²) in [5.74, 6) is -2.59. The molecule has 0 heterocycles. The van der Waals surface area contributed by atoms with Gasteiger partial charge in [-0.25, -0.2) is 0 Å². The Kier molecular flexibility index (Phi) is 4.28. The Morgan fingerprint density at radius 3 is 2.00 bits per heavy atom. The normalized spacial score (nSPS) is 11.2. The van der Waals surface area contributed by atoms with Crippen molar-refractivity contribution in [3.8, 4) is 0 Å². The van der Waals surface area contributed by atoms with Crippen molar-refractivity contribution >= 4 is 27.9 Å². The van der Waals surface area contributed by atoms with Crippen molar-refractivity contribution in [2.75, 3.05) is 0 Å². The van der Waals surface area contributed by atoms with Crippen molar-refractivity contribution in [3.63, 3.8) is 0 Å². The minimum absolute atomic E-state index is 0.0125. The molecule has 0 aliphatic carbocycles. The van der Waals surface area contributed by atoms with Gasteiger partial charge in [0.25, 0.3) is 0 Å². The van der Waals surface area contributed by atoms with E-state index in [2.05, 4.69) is 15.9 Å². The third kappa shape index (κ3) is 2.85. The van der Waals surface area contributed by atoms with Gasteiger partial charge in [-0.3, -0.25) is 9.59 Å². The molecule has 2 N–H and O–H groups in total. The molecular formula is C12H13BrO4. The van der Waals surface area contributed by atoms with Crippen LogP contribution in [0.2, 0.25) is 0 Å². The lowest BCUT2D eigenvalue weighted by Crippen LogP contribution is -2.40. The van der Waals surface area contributed by atoms with Crippen molar-refractivity contribution in [2.45, 2.75) is 19.8 Å². The van der Waals surface area contributed by atoms with Gasteiger partial charge < -0.3 is 10.2 Å². The van der Waals surface area contributed by atoms with Gasteiger partial charge in [0.05, 0.1) is 0 Å². The summed E-state index contributed by atoms with van der Waals surface area (Å²) in [4.78, 5) is 22.4. The second-order valence-electron chi connectivity index (χ2n) is 3.85. The van der Waals surface area contributed by atoms with Crippen LogP contribution in [0.1, 0.15) is 18.9 Å². The molecule has 1 aromatic carbocycles. The zero-order valence-electron chi connectivity index (χ0n) is 9.31. The van der Waals surface area contributed by atoms with Crippen LogP contribution in [0.3, 0.4) is 0 Å². The Hall–Kier alpha value is -1.36. The monoisotopic (exact) mass is 300 g/mol. The number of aliphatic carboxylic acids is 2. The maximum absolute atomic E-state index is 11.2. The smallest absolute Gasteiger partial charge is 0.321 e. The quantitative estimate of drug-likeness (QED) is 0.820. The van der Waals surface area contributed by atoms with E-state index >= 15 is 0 Å². The minimum Gasteiger partial charge on any atom is -0.480 e. The molecule has 17 heavy (non-hydrogen) atoms. The third-order valence-corrected chi connectivity index (χ3v) is 3.37. The molecule has 0 saturated heterocycles. The number of benzene rings is 1. The highest BCUT2D eigenvalue weighted by Gasteiger charge is 2.44. The van der Waals surface area contributed by atoms with Crippen molar-refractivity contribution in [1.29, 1.82) is 0 Å². The Balaban J connectivity index is 3.06. The zero-order chi connectivity index (χ0) is 13.1. The van der Waals surface area contributed by atoms with Crippen LogP contribution in [0.4, 0.5) is 0 Å². The summed E-state index contributed by atoms with van der Waals surface area (Å²) in [7, 11) is 0. The summed E-state index contributed by atoms with van der Waals surface area (Å²) in [6.45, 7) is 1.57. The van der Waals surface area contributed by atoms with Crippen LogP contribution in [0.25, 0.3) is 0 Å². The van der Waals surface area contributed by atoms with E-state index in [4.69, 9.17) is 10.2 Å². The predicted octanol–water partition coefficient (Wildman–Crippen LogP) is 2.56. The number of rotatable bonds is 5. The number of hydrogen-bond acceptors (Lipinski definition) is 2. The fraction of sp³-hybridized carbons (Fsp3) is 0.333. The fourth-order valence-corrected chi connectivity index (χ4v) is 1.89. The van der Waals surface area contributed by atoms with Crippen LogP contribution in [-0.4, -0.2) is 22.2 Å². The molecule has 1 aromatic rings. The van der Waals surface area contributed by atoms with Crippen LogP contribution >= 0.6 is 15.9 Å². The van der Waals surface area contributed by atoms with Crippen molar-refractivity contribution in [2.24, 2.45) is 5.41 Å². The molecular weight excluding hydrogens is 288 g/mol. The Labute approximate surface area is 107 Å². The molecule has 92 valence electrons. The first-order valence-electron chi connectivity index (χ1n) is 5.13. The molecule has 0 unspecified atom stereocenters. The second kappa shape index (κ2) is 5.31. The van der Waals surface area contributed by atoms with Gasteiger partial charge in [-0.2, -0.15) is 0 Å². The van der Waals surface area contributed by atoms with Crippen molar-refractivity contribution in [1.82, 2.24) is 0 Å². The minimum atomic E-state index is -1.74. The number of carboxylic acids is 2. The molecule has 0 radical (unpaired) electrons. The van der Waals surface area contributed by atoms with Gasteiger partial charge in [-0.05, 0) is 30.5 Å². The molecule has 0 atom stereocenters. The molecule has 1 rings (SSSR count). The summed E-state index contributed by atoms with van der Waals surface area (Å²) in [6, 6.07) is 6.97. The highest BCUT2D eigenvalue weighted by molar-refractivity contribution is 9.10. The first kappa shape index (κ1) is 13.7. The number of carbonyl (C=O) groups is 2. The first-order valence-corrected chi connectivity index (χ1v) is 5.93. The molecule has 0 aliphatic heterocycles. The lowest BCUT2D eigenvalue weighted by Gasteiger charge is -2.23. The lowest BCUT2D eigenvalue weighted by molar-refractivity contribution is -0.164. The molecule has 0 saturated carbocycles. The molecule has 0 amide bonds. The molecule has 0 fully saturated rings. The summed E-state index contributed by atoms with van der Waals surface area (Å²) in [5.41, 5.74) is -1.05. The van der Waals surface area contributed by atoms with Gasteiger partial charge in [0, 0.05) is 4.47 Å². The maximum Gasteiger partial charge on any atom is 0.321 e. The first-order chi connectivity index (χ1) is 7.92. The van der Waals surface area contributed by atoms with Gasteiger partial charge in [0.15, 0.2) is 5.41 Å².